The van der Waals surface area contributed by atoms with Gasteiger partial charge in [-0.05, 0) is 50.5 Å². The topological polar surface area (TPSA) is 157 Å². The van der Waals surface area contributed by atoms with Gasteiger partial charge in [0.25, 0.3) is 11.5 Å². The highest BCUT2D eigenvalue weighted by Gasteiger charge is 2.27. The second-order valence-corrected chi connectivity index (χ2v) is 12.8. The van der Waals surface area contributed by atoms with Crippen molar-refractivity contribution in [3.05, 3.63) is 68.7 Å². The summed E-state index contributed by atoms with van der Waals surface area (Å²) >= 11 is 6.02. The summed E-state index contributed by atoms with van der Waals surface area (Å²) in [6.45, 7) is 5.15. The molecule has 1 saturated heterocycles. The van der Waals surface area contributed by atoms with Gasteiger partial charge in [0.15, 0.2) is 11.5 Å². The molecule has 0 saturated carbocycles. The molecule has 1 aromatic carbocycles. The number of aryl methyl sites for hydroxylation is 2. The zero-order valence-corrected chi connectivity index (χ0v) is 25.5. The summed E-state index contributed by atoms with van der Waals surface area (Å²) in [5.41, 5.74) is 2.08. The summed E-state index contributed by atoms with van der Waals surface area (Å²) in [7, 11) is -0.249. The van der Waals surface area contributed by atoms with Crippen molar-refractivity contribution in [2.75, 3.05) is 29.6 Å². The van der Waals surface area contributed by atoms with Gasteiger partial charge in [0, 0.05) is 38.7 Å². The molecule has 0 radical (unpaired) electrons. The number of hydrogen-bond donors (Lipinski definition) is 2. The minimum absolute atomic E-state index is 0.0327. The minimum Gasteiger partial charge on any atom is -0.377 e. The van der Waals surface area contributed by atoms with Crippen molar-refractivity contribution in [3.63, 3.8) is 0 Å². The maximum absolute atomic E-state index is 13.6. The zero-order valence-electron chi connectivity index (χ0n) is 23.9. The monoisotopic (exact) mass is 613 g/mol. The SMILES string of the molecule is Cc1cc([C@@H](C)Nc2ccc(Cl)nc2C(=O)NS(C)(=O)=O)c2nc(N3CCC(c4ncn(C)n4)CC3)n(C)c(=O)c2c1. The molecule has 0 spiro atoms. The lowest BCUT2D eigenvalue weighted by Gasteiger charge is -2.32. The first-order valence-electron chi connectivity index (χ1n) is 13.4. The number of anilines is 2. The second-order valence-electron chi connectivity index (χ2n) is 10.7. The van der Waals surface area contributed by atoms with Crippen LogP contribution in [-0.4, -0.2) is 63.0 Å². The van der Waals surface area contributed by atoms with Gasteiger partial charge in [-0.2, -0.15) is 5.10 Å². The van der Waals surface area contributed by atoms with Crippen LogP contribution in [0.3, 0.4) is 0 Å². The molecule has 1 aliphatic heterocycles. The summed E-state index contributed by atoms with van der Waals surface area (Å²) in [6, 6.07) is 6.36. The number of benzene rings is 1. The highest BCUT2D eigenvalue weighted by molar-refractivity contribution is 7.89. The fraction of sp³-hybridized carbons (Fsp3) is 0.407. The molecule has 15 heteroatoms. The van der Waals surface area contributed by atoms with Crippen LogP contribution in [0.15, 0.2) is 35.4 Å². The predicted molar refractivity (Wildman–Crippen MR) is 161 cm³/mol. The standard InChI is InChI=1S/C27H32ClN9O4S/c1-15-12-18(16(2)30-20-6-7-21(28)31-23(20)25(38)34-42(5,40)41)22-19(13-15)26(39)36(4)27(32-22)37-10-8-17(9-11-37)24-29-14-35(3)33-24/h6-7,12-14,16-17,30H,8-11H2,1-5H3,(H,34,38)/t16-/m1/s1. The highest BCUT2D eigenvalue weighted by atomic mass is 35.5. The Balaban J connectivity index is 1.49. The molecule has 4 heterocycles. The first-order valence-corrected chi connectivity index (χ1v) is 15.6. The van der Waals surface area contributed by atoms with Gasteiger partial charge in [0.1, 0.15) is 11.5 Å². The van der Waals surface area contributed by atoms with Crippen molar-refractivity contribution in [3.8, 4) is 0 Å². The molecule has 1 aliphatic rings. The van der Waals surface area contributed by atoms with Crippen LogP contribution in [0.25, 0.3) is 10.9 Å². The molecule has 5 rings (SSSR count). The molecule has 1 atom stereocenters. The largest absolute Gasteiger partial charge is 0.377 e. The normalized spacial score (nSPS) is 15.1. The molecule has 222 valence electrons. The molecule has 42 heavy (non-hydrogen) atoms. The fourth-order valence-electron chi connectivity index (χ4n) is 5.29. The Morgan fingerprint density at radius 2 is 1.86 bits per heavy atom. The van der Waals surface area contributed by atoms with E-state index in [1.807, 2.05) is 37.7 Å². The van der Waals surface area contributed by atoms with Gasteiger partial charge in [-0.3, -0.25) is 18.8 Å². The lowest BCUT2D eigenvalue weighted by molar-refractivity contribution is 0.0977. The first-order chi connectivity index (χ1) is 19.8. The van der Waals surface area contributed by atoms with Crippen molar-refractivity contribution in [2.45, 2.75) is 38.6 Å². The van der Waals surface area contributed by atoms with Gasteiger partial charge in [0.2, 0.25) is 16.0 Å². The van der Waals surface area contributed by atoms with E-state index < -0.39 is 22.0 Å². The van der Waals surface area contributed by atoms with Crippen LogP contribution in [0.2, 0.25) is 5.15 Å². The maximum atomic E-state index is 13.6. The Hall–Kier alpha value is -4.04. The number of rotatable bonds is 7. The number of hydrogen-bond acceptors (Lipinski definition) is 10. The number of nitrogens with one attached hydrogen (secondary N) is 2. The summed E-state index contributed by atoms with van der Waals surface area (Å²) in [5.74, 6) is 0.724. The van der Waals surface area contributed by atoms with Crippen LogP contribution < -0.4 is 20.5 Å². The molecule has 2 N–H and O–H groups in total. The fourth-order valence-corrected chi connectivity index (χ4v) is 5.87. The number of pyridine rings is 1. The molecule has 13 nitrogen and oxygen atoms in total. The van der Waals surface area contributed by atoms with Gasteiger partial charge in [0.05, 0.1) is 28.9 Å². The van der Waals surface area contributed by atoms with E-state index in [0.29, 0.717) is 29.9 Å². The number of aromatic nitrogens is 6. The number of carbonyl (C=O) groups excluding carboxylic acids is 1. The van der Waals surface area contributed by atoms with Gasteiger partial charge in [-0.1, -0.05) is 17.7 Å². The van der Waals surface area contributed by atoms with Crippen LogP contribution in [-0.2, 0) is 24.1 Å². The number of piperidine rings is 1. The summed E-state index contributed by atoms with van der Waals surface area (Å²) in [6.07, 6.45) is 4.25. The van der Waals surface area contributed by atoms with Gasteiger partial charge in [-0.25, -0.2) is 28.1 Å². The van der Waals surface area contributed by atoms with Crippen LogP contribution in [0.1, 0.15) is 59.2 Å². The van der Waals surface area contributed by atoms with Crippen LogP contribution in [0, 0.1) is 6.92 Å². The van der Waals surface area contributed by atoms with Crippen molar-refractivity contribution in [1.82, 2.24) is 34.0 Å². The Kier molecular flexibility index (Phi) is 7.94. The van der Waals surface area contributed by atoms with E-state index in [1.165, 1.54) is 6.07 Å². The maximum Gasteiger partial charge on any atom is 0.285 e. The molecule has 0 bridgehead atoms. The zero-order chi connectivity index (χ0) is 30.3. The smallest absolute Gasteiger partial charge is 0.285 e. The lowest BCUT2D eigenvalue weighted by Crippen LogP contribution is -2.38. The predicted octanol–water partition coefficient (Wildman–Crippen LogP) is 2.67. The average Bonchev–Trinajstić information content (AvgIpc) is 3.37. The van der Waals surface area contributed by atoms with Crippen molar-refractivity contribution >= 4 is 50.1 Å². The van der Waals surface area contributed by atoms with Crippen molar-refractivity contribution in [2.24, 2.45) is 14.1 Å². The van der Waals surface area contributed by atoms with Crippen molar-refractivity contribution in [1.29, 1.82) is 0 Å². The van der Waals surface area contributed by atoms with E-state index in [1.54, 1.807) is 28.7 Å². The summed E-state index contributed by atoms with van der Waals surface area (Å²) in [4.78, 5) is 41.9. The molecule has 1 fully saturated rings. The molecule has 3 aromatic heterocycles. The molecule has 0 aliphatic carbocycles. The summed E-state index contributed by atoms with van der Waals surface area (Å²) < 4.78 is 28.6. The second kappa shape index (κ2) is 11.3. The van der Waals surface area contributed by atoms with Crippen molar-refractivity contribution < 1.29 is 13.2 Å². The third-order valence-electron chi connectivity index (χ3n) is 7.28. The van der Waals surface area contributed by atoms with E-state index in [-0.39, 0.29) is 28.0 Å². The van der Waals surface area contributed by atoms with Gasteiger partial charge < -0.3 is 10.2 Å². The van der Waals surface area contributed by atoms with Gasteiger partial charge >= 0.3 is 0 Å². The molecule has 0 unspecified atom stereocenters. The van der Waals surface area contributed by atoms with E-state index in [0.717, 1.165) is 36.0 Å². The van der Waals surface area contributed by atoms with Crippen LogP contribution in [0.5, 0.6) is 0 Å². The molecule has 1 amide bonds. The molecule has 4 aromatic rings. The van der Waals surface area contributed by atoms with E-state index in [9.17, 15) is 18.0 Å². The third kappa shape index (κ3) is 6.09. The average molecular weight is 614 g/mol. The third-order valence-corrected chi connectivity index (χ3v) is 8.05. The quantitative estimate of drug-likeness (QED) is 0.297. The number of fused-ring (bicyclic) bond motifs is 1. The van der Waals surface area contributed by atoms with Crippen LogP contribution >= 0.6 is 11.6 Å². The Morgan fingerprint density at radius 1 is 1.14 bits per heavy atom. The number of amides is 1. The first kappa shape index (κ1) is 29.5. The van der Waals surface area contributed by atoms with E-state index in [2.05, 4.69) is 25.3 Å². The molecular weight excluding hydrogens is 582 g/mol. The minimum atomic E-state index is -3.83. The van der Waals surface area contributed by atoms with Gasteiger partial charge in [-0.15, -0.1) is 0 Å². The number of carbonyl (C=O) groups is 1. The Bertz CT molecular complexity index is 1850. The van der Waals surface area contributed by atoms with Crippen LogP contribution in [0.4, 0.5) is 11.6 Å². The number of halogens is 1. The van der Waals surface area contributed by atoms with E-state index in [4.69, 9.17) is 16.6 Å². The Labute approximate surface area is 248 Å². The lowest BCUT2D eigenvalue weighted by atomic mass is 9.96. The molecular formula is C27H32ClN9O4S. The number of sulfonamides is 1. The highest BCUT2D eigenvalue weighted by Crippen LogP contribution is 2.31. The summed E-state index contributed by atoms with van der Waals surface area (Å²) in [5, 5.41) is 8.21. The van der Waals surface area contributed by atoms with E-state index >= 15 is 0 Å². The Morgan fingerprint density at radius 3 is 2.50 bits per heavy atom. The number of nitrogens with zero attached hydrogens (tertiary/aromatic N) is 7.